The van der Waals surface area contributed by atoms with Crippen molar-refractivity contribution in [2.75, 3.05) is 7.11 Å². The molecule has 0 aromatic carbocycles. The summed E-state index contributed by atoms with van der Waals surface area (Å²) in [7, 11) is 1.12. The quantitative estimate of drug-likeness (QED) is 0.336. The van der Waals surface area contributed by atoms with E-state index in [1.807, 2.05) is 0 Å². The average Bonchev–Trinajstić information content (AvgIpc) is 1.99. The lowest BCUT2D eigenvalue weighted by atomic mass is 10.3. The number of esters is 1. The molecule has 0 saturated heterocycles. The molecule has 0 atom stereocenters. The number of rotatable bonds is 3. The van der Waals surface area contributed by atoms with E-state index in [1.165, 1.54) is 0 Å². The van der Waals surface area contributed by atoms with Gasteiger partial charge in [-0.3, -0.25) is 4.79 Å². The lowest BCUT2D eigenvalue weighted by Crippen LogP contribution is -2.09. The molecule has 11 heavy (non-hydrogen) atoms. The highest BCUT2D eigenvalue weighted by atomic mass is 16.5. The normalized spacial score (nSPS) is 9.55. The Balaban J connectivity index is 4.04. The molecule has 0 fully saturated rings. The first-order valence-electron chi connectivity index (χ1n) is 2.61. The minimum atomic E-state index is -1.61. The number of carbonyl (C=O) groups excluding carboxylic acids is 2. The minimum Gasteiger partial charge on any atom is -0.475 e. The molecule has 0 aliphatic rings. The van der Waals surface area contributed by atoms with Crippen LogP contribution in [0.5, 0.6) is 0 Å². The van der Waals surface area contributed by atoms with Crippen LogP contribution < -0.4 is 0 Å². The molecule has 0 aromatic heterocycles. The molecular formula is C6H6O5. The smallest absolute Gasteiger partial charge is 0.376 e. The molecule has 0 radical (unpaired) electrons. The Morgan fingerprint density at radius 2 is 1.82 bits per heavy atom. The molecule has 0 unspecified atom stereocenters. The maximum Gasteiger partial charge on any atom is 0.376 e. The van der Waals surface area contributed by atoms with Gasteiger partial charge in [-0.15, -0.1) is 0 Å². The Morgan fingerprint density at radius 1 is 1.27 bits per heavy atom. The van der Waals surface area contributed by atoms with Crippen molar-refractivity contribution in [1.29, 1.82) is 0 Å². The molecule has 0 rings (SSSR count). The molecule has 5 nitrogen and oxygen atoms in total. The Labute approximate surface area is 62.3 Å². The summed E-state index contributed by atoms with van der Waals surface area (Å²) < 4.78 is 4.11. The van der Waals surface area contributed by atoms with Gasteiger partial charge in [0.2, 0.25) is 0 Å². The molecule has 0 saturated carbocycles. The monoisotopic (exact) mass is 158 g/mol. The summed E-state index contributed by atoms with van der Waals surface area (Å²) in [4.78, 5) is 30.4. The number of methoxy groups -OCH3 is 1. The third-order valence-corrected chi connectivity index (χ3v) is 0.783. The number of ether oxygens (including phenoxy) is 1. The van der Waals surface area contributed by atoms with E-state index in [-0.39, 0.29) is 0 Å². The summed E-state index contributed by atoms with van der Waals surface area (Å²) in [5, 5.41) is 8.01. The van der Waals surface area contributed by atoms with Crippen LogP contribution in [0.3, 0.4) is 0 Å². The minimum absolute atomic E-state index is 0.633. The maximum absolute atomic E-state index is 10.3. The van der Waals surface area contributed by atoms with Gasteiger partial charge in [0.15, 0.2) is 0 Å². The first-order chi connectivity index (χ1) is 5.07. The van der Waals surface area contributed by atoms with Crippen molar-refractivity contribution in [1.82, 2.24) is 0 Å². The van der Waals surface area contributed by atoms with Gasteiger partial charge in [-0.05, 0) is 0 Å². The van der Waals surface area contributed by atoms with Crippen LogP contribution in [0.25, 0.3) is 0 Å². The third kappa shape index (κ3) is 3.85. The molecule has 60 valence electrons. The van der Waals surface area contributed by atoms with E-state index in [0.717, 1.165) is 13.2 Å². The van der Waals surface area contributed by atoms with Crippen LogP contribution in [0.2, 0.25) is 0 Å². The summed E-state index contributed by atoms with van der Waals surface area (Å²) in [6.45, 7) is 0. The molecule has 1 N–H and O–H groups in total. The number of aliphatic carboxylic acids is 1. The summed E-state index contributed by atoms with van der Waals surface area (Å²) in [5.41, 5.74) is 0. The fourth-order valence-electron chi connectivity index (χ4n) is 0.283. The van der Waals surface area contributed by atoms with Crippen molar-refractivity contribution in [3.63, 3.8) is 0 Å². The van der Waals surface area contributed by atoms with Gasteiger partial charge in [-0.25, -0.2) is 9.59 Å². The fraction of sp³-hybridized carbons (Fsp3) is 0.167. The van der Waals surface area contributed by atoms with Crippen molar-refractivity contribution in [3.05, 3.63) is 12.2 Å². The summed E-state index contributed by atoms with van der Waals surface area (Å²) in [6, 6.07) is 0. The number of hydrogen-bond donors (Lipinski definition) is 1. The third-order valence-electron chi connectivity index (χ3n) is 0.783. The zero-order chi connectivity index (χ0) is 8.85. The lowest BCUT2D eigenvalue weighted by Gasteiger charge is -1.87. The maximum atomic E-state index is 10.3. The number of hydrogen-bond acceptors (Lipinski definition) is 4. The first-order valence-corrected chi connectivity index (χ1v) is 2.61. The highest BCUT2D eigenvalue weighted by molar-refractivity contribution is 6.37. The highest BCUT2D eigenvalue weighted by Gasteiger charge is 2.06. The Bertz CT molecular complexity index is 215. The van der Waals surface area contributed by atoms with Gasteiger partial charge in [-0.2, -0.15) is 0 Å². The zero-order valence-corrected chi connectivity index (χ0v) is 5.73. The predicted octanol–water partition coefficient (Wildman–Crippen LogP) is -0.631. The first kappa shape index (κ1) is 9.35. The van der Waals surface area contributed by atoms with E-state index < -0.39 is 17.7 Å². The van der Waals surface area contributed by atoms with Gasteiger partial charge in [0, 0.05) is 12.2 Å². The topological polar surface area (TPSA) is 80.7 Å². The van der Waals surface area contributed by atoms with Crippen LogP contribution in [-0.2, 0) is 19.1 Å². The number of carboxylic acids is 1. The number of carboxylic acid groups (broad SMARTS) is 1. The molecule has 0 aliphatic carbocycles. The molecule has 0 aliphatic heterocycles. The second-order valence-corrected chi connectivity index (χ2v) is 1.53. The number of ketones is 1. The van der Waals surface area contributed by atoms with Gasteiger partial charge in [-0.1, -0.05) is 0 Å². The van der Waals surface area contributed by atoms with E-state index in [1.54, 1.807) is 0 Å². The lowest BCUT2D eigenvalue weighted by molar-refractivity contribution is -0.146. The van der Waals surface area contributed by atoms with Crippen LogP contribution in [-0.4, -0.2) is 29.9 Å². The van der Waals surface area contributed by atoms with Crippen LogP contribution in [0, 0.1) is 0 Å². The Morgan fingerprint density at radius 3 is 2.18 bits per heavy atom. The van der Waals surface area contributed by atoms with Crippen molar-refractivity contribution in [2.45, 2.75) is 0 Å². The second kappa shape index (κ2) is 4.21. The van der Waals surface area contributed by atoms with Crippen molar-refractivity contribution in [3.8, 4) is 0 Å². The summed E-state index contributed by atoms with van der Waals surface area (Å²) in [6.07, 6.45) is 1.38. The van der Waals surface area contributed by atoms with Crippen LogP contribution in [0.4, 0.5) is 0 Å². The standard InChI is InChI=1S/C6H6O5/c1-11-5(8)3-2-4(7)6(9)10/h2-3H,1H3,(H,9,10). The van der Waals surface area contributed by atoms with E-state index >= 15 is 0 Å². The SMILES string of the molecule is COC(=O)C=CC(=O)C(=O)O. The molecule has 0 bridgehead atoms. The summed E-state index contributed by atoms with van der Waals surface area (Å²) in [5.74, 6) is -3.53. The van der Waals surface area contributed by atoms with Gasteiger partial charge in [0.1, 0.15) is 0 Å². The van der Waals surface area contributed by atoms with Gasteiger partial charge in [0.05, 0.1) is 7.11 Å². The van der Waals surface area contributed by atoms with E-state index in [0.29, 0.717) is 6.08 Å². The summed E-state index contributed by atoms with van der Waals surface area (Å²) >= 11 is 0. The van der Waals surface area contributed by atoms with E-state index in [9.17, 15) is 14.4 Å². The van der Waals surface area contributed by atoms with E-state index in [2.05, 4.69) is 4.74 Å². The van der Waals surface area contributed by atoms with Crippen molar-refractivity contribution < 1.29 is 24.2 Å². The van der Waals surface area contributed by atoms with Gasteiger partial charge < -0.3 is 9.84 Å². The predicted molar refractivity (Wildman–Crippen MR) is 33.8 cm³/mol. The van der Waals surface area contributed by atoms with E-state index in [4.69, 9.17) is 5.11 Å². The van der Waals surface area contributed by atoms with Crippen LogP contribution >= 0.6 is 0 Å². The number of carbonyl (C=O) groups is 3. The van der Waals surface area contributed by atoms with Crippen LogP contribution in [0.1, 0.15) is 0 Å². The molecular weight excluding hydrogens is 152 g/mol. The fourth-order valence-corrected chi connectivity index (χ4v) is 0.283. The molecule has 0 spiro atoms. The Kier molecular flexibility index (Phi) is 3.58. The zero-order valence-electron chi connectivity index (χ0n) is 5.73. The molecule has 0 amide bonds. The van der Waals surface area contributed by atoms with Gasteiger partial charge in [0.25, 0.3) is 5.78 Å². The molecule has 0 heterocycles. The Hall–Kier alpha value is -1.65. The highest BCUT2D eigenvalue weighted by Crippen LogP contribution is 1.80. The van der Waals surface area contributed by atoms with Crippen molar-refractivity contribution >= 4 is 17.7 Å². The van der Waals surface area contributed by atoms with Crippen LogP contribution in [0.15, 0.2) is 12.2 Å². The largest absolute Gasteiger partial charge is 0.475 e. The van der Waals surface area contributed by atoms with Crippen molar-refractivity contribution in [2.24, 2.45) is 0 Å². The van der Waals surface area contributed by atoms with Gasteiger partial charge >= 0.3 is 11.9 Å². The second-order valence-electron chi connectivity index (χ2n) is 1.53. The molecule has 0 aromatic rings. The molecule has 5 heteroatoms. The average molecular weight is 158 g/mol.